The molecule has 16 heavy (non-hydrogen) atoms. The van der Waals surface area contributed by atoms with Crippen LogP contribution in [0.15, 0.2) is 42.6 Å². The molecule has 3 nitrogen and oxygen atoms in total. The summed E-state index contributed by atoms with van der Waals surface area (Å²) in [5.74, 6) is 0. The van der Waals surface area contributed by atoms with Gasteiger partial charge in [-0.2, -0.15) is 5.10 Å². The average Bonchev–Trinajstić information content (AvgIpc) is 2.73. The molecule has 3 heteroatoms. The van der Waals surface area contributed by atoms with Crippen LogP contribution in [0.4, 0.5) is 0 Å². The Bertz CT molecular complexity index is 436. The van der Waals surface area contributed by atoms with Gasteiger partial charge in [-0.25, -0.2) is 0 Å². The molecule has 0 saturated carbocycles. The molecule has 1 unspecified atom stereocenters. The lowest BCUT2D eigenvalue weighted by Crippen LogP contribution is -2.10. The highest BCUT2D eigenvalue weighted by molar-refractivity contribution is 5.25. The van der Waals surface area contributed by atoms with E-state index in [0.29, 0.717) is 6.61 Å². The maximum Gasteiger partial charge on any atom is 0.124 e. The molecular weight excluding hydrogens is 200 g/mol. The number of benzene rings is 1. The van der Waals surface area contributed by atoms with Crippen LogP contribution in [0.3, 0.4) is 0 Å². The molecule has 1 aromatic carbocycles. The van der Waals surface area contributed by atoms with Gasteiger partial charge in [-0.15, -0.1) is 0 Å². The van der Waals surface area contributed by atoms with Gasteiger partial charge in [0.25, 0.3) is 0 Å². The highest BCUT2D eigenvalue weighted by Gasteiger charge is 2.16. The first-order valence-corrected chi connectivity index (χ1v) is 5.47. The Morgan fingerprint density at radius 3 is 2.56 bits per heavy atom. The van der Waals surface area contributed by atoms with Crippen LogP contribution < -0.4 is 0 Å². The van der Waals surface area contributed by atoms with Gasteiger partial charge in [-0.05, 0) is 18.6 Å². The Morgan fingerprint density at radius 1 is 1.25 bits per heavy atom. The van der Waals surface area contributed by atoms with Gasteiger partial charge in [0.15, 0.2) is 0 Å². The van der Waals surface area contributed by atoms with Crippen LogP contribution >= 0.6 is 0 Å². The van der Waals surface area contributed by atoms with E-state index in [-0.39, 0.29) is 6.10 Å². The lowest BCUT2D eigenvalue weighted by molar-refractivity contribution is 0.0856. The summed E-state index contributed by atoms with van der Waals surface area (Å²) in [6.07, 6.45) is 1.77. The molecule has 0 radical (unpaired) electrons. The molecule has 1 atom stereocenters. The number of hydrogen-bond donors (Lipinski definition) is 0. The van der Waals surface area contributed by atoms with Crippen molar-refractivity contribution >= 4 is 0 Å². The average molecular weight is 216 g/mol. The number of aryl methyl sites for hydroxylation is 1. The normalized spacial score (nSPS) is 12.6. The molecule has 0 saturated heterocycles. The van der Waals surface area contributed by atoms with Gasteiger partial charge in [0, 0.05) is 19.9 Å². The van der Waals surface area contributed by atoms with E-state index in [1.54, 1.807) is 6.20 Å². The Labute approximate surface area is 95.7 Å². The van der Waals surface area contributed by atoms with E-state index >= 15 is 0 Å². The molecule has 0 amide bonds. The maximum absolute atomic E-state index is 5.79. The number of ether oxygens (including phenoxy) is 1. The van der Waals surface area contributed by atoms with Crippen molar-refractivity contribution < 1.29 is 4.74 Å². The minimum Gasteiger partial charge on any atom is -0.367 e. The molecule has 2 rings (SSSR count). The fourth-order valence-corrected chi connectivity index (χ4v) is 1.79. The molecular formula is C13H16N2O. The third-order valence-electron chi connectivity index (χ3n) is 2.56. The van der Waals surface area contributed by atoms with Crippen molar-refractivity contribution in [2.24, 2.45) is 7.05 Å². The quantitative estimate of drug-likeness (QED) is 0.785. The van der Waals surface area contributed by atoms with Crippen LogP contribution in [0, 0.1) is 0 Å². The molecule has 0 aliphatic heterocycles. The summed E-state index contributed by atoms with van der Waals surface area (Å²) in [6.45, 7) is 2.69. The van der Waals surface area contributed by atoms with Crippen LogP contribution in [0.2, 0.25) is 0 Å². The Morgan fingerprint density at radius 2 is 2.00 bits per heavy atom. The van der Waals surface area contributed by atoms with Crippen molar-refractivity contribution in [3.63, 3.8) is 0 Å². The molecule has 0 spiro atoms. The molecule has 0 fully saturated rings. The minimum atomic E-state index is -0.0290. The third kappa shape index (κ3) is 2.14. The lowest BCUT2D eigenvalue weighted by Gasteiger charge is -2.17. The van der Waals surface area contributed by atoms with Crippen LogP contribution in [-0.4, -0.2) is 16.4 Å². The summed E-state index contributed by atoms with van der Waals surface area (Å²) in [5, 5.41) is 4.18. The second-order valence-corrected chi connectivity index (χ2v) is 3.63. The third-order valence-corrected chi connectivity index (χ3v) is 2.56. The summed E-state index contributed by atoms with van der Waals surface area (Å²) in [5.41, 5.74) is 2.24. The van der Waals surface area contributed by atoms with Crippen LogP contribution in [-0.2, 0) is 11.8 Å². The Kier molecular flexibility index (Phi) is 3.37. The fourth-order valence-electron chi connectivity index (χ4n) is 1.79. The molecule has 0 aliphatic rings. The molecule has 0 bridgehead atoms. The van der Waals surface area contributed by atoms with Crippen molar-refractivity contribution in [3.8, 4) is 0 Å². The monoisotopic (exact) mass is 216 g/mol. The summed E-state index contributed by atoms with van der Waals surface area (Å²) >= 11 is 0. The van der Waals surface area contributed by atoms with Gasteiger partial charge in [0.05, 0.1) is 5.69 Å². The van der Waals surface area contributed by atoms with Gasteiger partial charge in [-0.3, -0.25) is 4.68 Å². The van der Waals surface area contributed by atoms with Crippen LogP contribution in [0.25, 0.3) is 0 Å². The van der Waals surface area contributed by atoms with Gasteiger partial charge in [0.2, 0.25) is 0 Å². The first-order chi connectivity index (χ1) is 7.83. The summed E-state index contributed by atoms with van der Waals surface area (Å²) in [4.78, 5) is 0. The Hall–Kier alpha value is -1.61. The minimum absolute atomic E-state index is 0.0290. The molecule has 84 valence electrons. The van der Waals surface area contributed by atoms with Gasteiger partial charge >= 0.3 is 0 Å². The van der Waals surface area contributed by atoms with E-state index in [0.717, 1.165) is 11.3 Å². The van der Waals surface area contributed by atoms with Crippen LogP contribution in [0.1, 0.15) is 24.3 Å². The predicted octanol–water partition coefficient (Wildman–Crippen LogP) is 2.55. The number of aromatic nitrogens is 2. The maximum atomic E-state index is 5.79. The zero-order valence-corrected chi connectivity index (χ0v) is 9.63. The number of nitrogens with zero attached hydrogens (tertiary/aromatic N) is 2. The van der Waals surface area contributed by atoms with E-state index in [4.69, 9.17) is 4.74 Å². The summed E-state index contributed by atoms with van der Waals surface area (Å²) in [6, 6.07) is 12.2. The van der Waals surface area contributed by atoms with E-state index in [1.807, 2.05) is 42.9 Å². The van der Waals surface area contributed by atoms with Gasteiger partial charge in [0.1, 0.15) is 6.10 Å². The molecule has 0 N–H and O–H groups in total. The number of rotatable bonds is 4. The van der Waals surface area contributed by atoms with Gasteiger partial charge < -0.3 is 4.74 Å². The molecule has 1 heterocycles. The zero-order chi connectivity index (χ0) is 11.4. The van der Waals surface area contributed by atoms with E-state index in [2.05, 4.69) is 17.2 Å². The Balaban J connectivity index is 2.35. The zero-order valence-electron chi connectivity index (χ0n) is 9.63. The van der Waals surface area contributed by atoms with Crippen molar-refractivity contribution in [1.82, 2.24) is 9.78 Å². The van der Waals surface area contributed by atoms with Crippen molar-refractivity contribution in [2.75, 3.05) is 6.61 Å². The number of hydrogen-bond acceptors (Lipinski definition) is 2. The van der Waals surface area contributed by atoms with E-state index in [9.17, 15) is 0 Å². The fraction of sp³-hybridized carbons (Fsp3) is 0.308. The summed E-state index contributed by atoms with van der Waals surface area (Å²) in [7, 11) is 1.93. The van der Waals surface area contributed by atoms with Crippen molar-refractivity contribution in [2.45, 2.75) is 13.0 Å². The standard InChI is InChI=1S/C13H16N2O/c1-3-16-13(11-7-5-4-6-8-11)12-9-10-14-15(12)2/h4-10,13H,3H2,1-2H3. The first kappa shape index (κ1) is 10.9. The molecule has 2 aromatic rings. The molecule has 1 aromatic heterocycles. The largest absolute Gasteiger partial charge is 0.367 e. The van der Waals surface area contributed by atoms with Crippen LogP contribution in [0.5, 0.6) is 0 Å². The molecule has 0 aliphatic carbocycles. The second kappa shape index (κ2) is 4.94. The first-order valence-electron chi connectivity index (χ1n) is 5.47. The second-order valence-electron chi connectivity index (χ2n) is 3.63. The van der Waals surface area contributed by atoms with E-state index < -0.39 is 0 Å². The topological polar surface area (TPSA) is 27.1 Å². The lowest BCUT2D eigenvalue weighted by atomic mass is 10.1. The highest BCUT2D eigenvalue weighted by atomic mass is 16.5. The summed E-state index contributed by atoms with van der Waals surface area (Å²) < 4.78 is 7.65. The van der Waals surface area contributed by atoms with Crippen molar-refractivity contribution in [1.29, 1.82) is 0 Å². The van der Waals surface area contributed by atoms with E-state index in [1.165, 1.54) is 0 Å². The smallest absolute Gasteiger partial charge is 0.124 e. The highest BCUT2D eigenvalue weighted by Crippen LogP contribution is 2.24. The van der Waals surface area contributed by atoms with Gasteiger partial charge in [-0.1, -0.05) is 30.3 Å². The predicted molar refractivity (Wildman–Crippen MR) is 63.1 cm³/mol. The van der Waals surface area contributed by atoms with Crippen molar-refractivity contribution in [3.05, 3.63) is 53.9 Å². The SMILES string of the molecule is CCOC(c1ccccc1)c1ccnn1C.